The van der Waals surface area contributed by atoms with Crippen LogP contribution in [0.25, 0.3) is 0 Å². The van der Waals surface area contributed by atoms with Crippen LogP contribution < -0.4 is 5.73 Å². The van der Waals surface area contributed by atoms with Gasteiger partial charge in [0.25, 0.3) is 0 Å². The van der Waals surface area contributed by atoms with E-state index in [-0.39, 0.29) is 5.92 Å². The number of allylic oxidation sites excluding steroid dienone is 6. The van der Waals surface area contributed by atoms with Crippen molar-refractivity contribution >= 4 is 0 Å². The number of hydrogen-bond donors (Lipinski definition) is 1. The van der Waals surface area contributed by atoms with Gasteiger partial charge in [-0.25, -0.2) is 0 Å². The van der Waals surface area contributed by atoms with Gasteiger partial charge in [0.2, 0.25) is 0 Å². The van der Waals surface area contributed by atoms with Crippen molar-refractivity contribution in [1.29, 1.82) is 0 Å². The Balaban J connectivity index is 4.96. The van der Waals surface area contributed by atoms with Crippen LogP contribution in [0.4, 0.5) is 0 Å². The average molecular weight is 191 g/mol. The lowest BCUT2D eigenvalue weighted by Crippen LogP contribution is -2.11. The van der Waals surface area contributed by atoms with Crippen molar-refractivity contribution in [2.45, 2.75) is 27.7 Å². The molecule has 0 saturated carbocycles. The zero-order valence-corrected chi connectivity index (χ0v) is 9.67. The first-order valence-electron chi connectivity index (χ1n) is 4.92. The van der Waals surface area contributed by atoms with Crippen LogP contribution in [0.5, 0.6) is 0 Å². The summed E-state index contributed by atoms with van der Waals surface area (Å²) in [5.41, 5.74) is 9.31. The minimum Gasteiger partial charge on any atom is -0.402 e. The summed E-state index contributed by atoms with van der Waals surface area (Å²) in [6.07, 6.45) is 7.89. The van der Waals surface area contributed by atoms with Crippen molar-refractivity contribution in [3.8, 4) is 0 Å². The highest BCUT2D eigenvalue weighted by Gasteiger charge is 2.09. The van der Waals surface area contributed by atoms with Crippen LogP contribution in [-0.2, 0) is 0 Å². The normalized spacial score (nSPS) is 14.1. The highest BCUT2D eigenvalue weighted by Crippen LogP contribution is 2.20. The zero-order chi connectivity index (χ0) is 11.1. The first kappa shape index (κ1) is 12.8. The third-order valence-electron chi connectivity index (χ3n) is 2.21. The van der Waals surface area contributed by atoms with E-state index in [2.05, 4.69) is 19.6 Å². The van der Waals surface area contributed by atoms with Crippen molar-refractivity contribution in [3.05, 3.63) is 47.7 Å². The molecule has 0 saturated heterocycles. The van der Waals surface area contributed by atoms with E-state index in [1.54, 1.807) is 6.08 Å². The van der Waals surface area contributed by atoms with Crippen molar-refractivity contribution in [3.63, 3.8) is 0 Å². The summed E-state index contributed by atoms with van der Waals surface area (Å²) in [4.78, 5) is 0. The van der Waals surface area contributed by atoms with E-state index < -0.39 is 0 Å². The van der Waals surface area contributed by atoms with Gasteiger partial charge in [0.15, 0.2) is 0 Å². The van der Waals surface area contributed by atoms with Crippen LogP contribution in [0.2, 0.25) is 0 Å². The quantitative estimate of drug-likeness (QED) is 0.675. The third-order valence-corrected chi connectivity index (χ3v) is 2.21. The van der Waals surface area contributed by atoms with E-state index in [1.165, 1.54) is 11.1 Å². The van der Waals surface area contributed by atoms with Gasteiger partial charge in [0.05, 0.1) is 0 Å². The largest absolute Gasteiger partial charge is 0.402 e. The van der Waals surface area contributed by atoms with Gasteiger partial charge in [-0.1, -0.05) is 43.4 Å². The fourth-order valence-electron chi connectivity index (χ4n) is 1.29. The van der Waals surface area contributed by atoms with Crippen molar-refractivity contribution in [2.24, 2.45) is 11.7 Å². The molecule has 0 rings (SSSR count). The summed E-state index contributed by atoms with van der Waals surface area (Å²) in [7, 11) is 0. The van der Waals surface area contributed by atoms with Crippen molar-refractivity contribution in [1.82, 2.24) is 0 Å². The topological polar surface area (TPSA) is 26.0 Å². The maximum Gasteiger partial charge on any atom is 0.0206 e. The Morgan fingerprint density at radius 1 is 1.36 bits per heavy atom. The summed E-state index contributed by atoms with van der Waals surface area (Å²) in [5.74, 6) is 0.259. The SMILES string of the molecule is C=C/C=C(\C=C/C)C(C)C(N)=C(C)C. The number of rotatable bonds is 4. The summed E-state index contributed by atoms with van der Waals surface area (Å²) in [6, 6.07) is 0. The number of hydrogen-bond acceptors (Lipinski definition) is 1. The highest BCUT2D eigenvalue weighted by molar-refractivity contribution is 5.31. The molecule has 1 atom stereocenters. The second kappa shape index (κ2) is 6.25. The second-order valence-corrected chi connectivity index (χ2v) is 3.58. The van der Waals surface area contributed by atoms with Gasteiger partial charge in [0.1, 0.15) is 0 Å². The number of nitrogens with two attached hydrogens (primary N) is 1. The van der Waals surface area contributed by atoms with Crippen LogP contribution in [0, 0.1) is 5.92 Å². The summed E-state index contributed by atoms with van der Waals surface area (Å²) in [6.45, 7) is 11.9. The molecular formula is C13H21N. The van der Waals surface area contributed by atoms with Gasteiger partial charge < -0.3 is 5.73 Å². The van der Waals surface area contributed by atoms with E-state index in [9.17, 15) is 0 Å². The molecule has 0 bridgehead atoms. The Bertz CT molecular complexity index is 276. The molecular weight excluding hydrogens is 170 g/mol. The molecule has 0 aromatic rings. The van der Waals surface area contributed by atoms with E-state index in [1.807, 2.05) is 32.9 Å². The fraction of sp³-hybridized carbons (Fsp3) is 0.385. The standard InChI is InChI=1S/C13H21N/c1-6-8-12(9-7-2)11(5)13(14)10(3)4/h6-9,11H,1,14H2,2-5H3/b9-7-,12-8+. The molecule has 78 valence electrons. The Kier molecular flexibility index (Phi) is 5.70. The van der Waals surface area contributed by atoms with Crippen molar-refractivity contribution in [2.75, 3.05) is 0 Å². The lowest BCUT2D eigenvalue weighted by molar-refractivity contribution is 0.793. The van der Waals surface area contributed by atoms with Crippen LogP contribution >= 0.6 is 0 Å². The Labute approximate surface area is 87.7 Å². The van der Waals surface area contributed by atoms with E-state index in [0.717, 1.165) is 5.70 Å². The molecule has 1 heteroatoms. The van der Waals surface area contributed by atoms with Gasteiger partial charge in [0, 0.05) is 11.6 Å². The molecule has 0 aromatic heterocycles. The van der Waals surface area contributed by atoms with Crippen LogP contribution in [-0.4, -0.2) is 0 Å². The third kappa shape index (κ3) is 3.65. The zero-order valence-electron chi connectivity index (χ0n) is 9.67. The molecule has 0 aliphatic heterocycles. The molecule has 14 heavy (non-hydrogen) atoms. The molecule has 0 fully saturated rings. The molecule has 0 radical (unpaired) electrons. The monoisotopic (exact) mass is 191 g/mol. The van der Waals surface area contributed by atoms with Gasteiger partial charge in [-0.05, 0) is 26.3 Å². The Hall–Kier alpha value is -1.24. The average Bonchev–Trinajstić information content (AvgIpc) is 2.15. The predicted octanol–water partition coefficient (Wildman–Crippen LogP) is 3.56. The second-order valence-electron chi connectivity index (χ2n) is 3.58. The van der Waals surface area contributed by atoms with Crippen LogP contribution in [0.15, 0.2) is 47.7 Å². The van der Waals surface area contributed by atoms with Gasteiger partial charge in [-0.15, -0.1) is 0 Å². The molecule has 0 amide bonds. The first-order valence-corrected chi connectivity index (χ1v) is 4.92. The summed E-state index contributed by atoms with van der Waals surface area (Å²) < 4.78 is 0. The lowest BCUT2D eigenvalue weighted by atomic mass is 9.94. The molecule has 0 spiro atoms. The molecule has 0 heterocycles. The first-order chi connectivity index (χ1) is 6.54. The van der Waals surface area contributed by atoms with E-state index in [4.69, 9.17) is 5.73 Å². The van der Waals surface area contributed by atoms with Gasteiger partial charge in [-0.2, -0.15) is 0 Å². The lowest BCUT2D eigenvalue weighted by Gasteiger charge is -2.15. The van der Waals surface area contributed by atoms with Gasteiger partial charge in [-0.3, -0.25) is 0 Å². The molecule has 1 unspecified atom stereocenters. The van der Waals surface area contributed by atoms with E-state index >= 15 is 0 Å². The maximum absolute atomic E-state index is 5.99. The Morgan fingerprint density at radius 3 is 2.29 bits per heavy atom. The maximum atomic E-state index is 5.99. The molecule has 0 aliphatic rings. The van der Waals surface area contributed by atoms with E-state index in [0.29, 0.717) is 0 Å². The minimum absolute atomic E-state index is 0.259. The minimum atomic E-state index is 0.259. The summed E-state index contributed by atoms with van der Waals surface area (Å²) >= 11 is 0. The van der Waals surface area contributed by atoms with Gasteiger partial charge >= 0.3 is 0 Å². The molecule has 0 aromatic carbocycles. The van der Waals surface area contributed by atoms with Crippen LogP contribution in [0.1, 0.15) is 27.7 Å². The van der Waals surface area contributed by atoms with Crippen molar-refractivity contribution < 1.29 is 0 Å². The predicted molar refractivity (Wildman–Crippen MR) is 64.8 cm³/mol. The Morgan fingerprint density at radius 2 is 1.93 bits per heavy atom. The molecule has 1 nitrogen and oxygen atoms in total. The van der Waals surface area contributed by atoms with Crippen LogP contribution in [0.3, 0.4) is 0 Å². The molecule has 2 N–H and O–H groups in total. The molecule has 0 aliphatic carbocycles. The summed E-state index contributed by atoms with van der Waals surface area (Å²) in [5, 5.41) is 0. The fourth-order valence-corrected chi connectivity index (χ4v) is 1.29. The highest BCUT2D eigenvalue weighted by atomic mass is 14.6. The smallest absolute Gasteiger partial charge is 0.0206 e.